The van der Waals surface area contributed by atoms with Crippen molar-refractivity contribution >= 4 is 18.3 Å². The minimum Gasteiger partial charge on any atom is -0.338 e. The van der Waals surface area contributed by atoms with E-state index in [4.69, 9.17) is 5.73 Å². The van der Waals surface area contributed by atoms with Crippen LogP contribution >= 0.6 is 12.4 Å². The highest BCUT2D eigenvalue weighted by molar-refractivity contribution is 5.86. The number of carbonyl (C=O) groups excluding carboxylic acids is 1. The van der Waals surface area contributed by atoms with Crippen molar-refractivity contribution in [2.24, 2.45) is 5.73 Å². The van der Waals surface area contributed by atoms with Crippen molar-refractivity contribution in [3.05, 3.63) is 0 Å². The van der Waals surface area contributed by atoms with Crippen molar-refractivity contribution in [2.45, 2.75) is 63.5 Å². The molecule has 0 aromatic heterocycles. The van der Waals surface area contributed by atoms with Crippen molar-refractivity contribution in [2.75, 3.05) is 6.54 Å². The molecule has 1 aliphatic carbocycles. The van der Waals surface area contributed by atoms with Gasteiger partial charge in [0.2, 0.25) is 5.91 Å². The maximum Gasteiger partial charge on any atom is 0.242 e. The van der Waals surface area contributed by atoms with E-state index >= 15 is 0 Å². The lowest BCUT2D eigenvalue weighted by atomic mass is 9.94. The molecule has 4 heteroatoms. The summed E-state index contributed by atoms with van der Waals surface area (Å²) < 4.78 is 0. The van der Waals surface area contributed by atoms with Crippen LogP contribution in [0.2, 0.25) is 0 Å². The normalized spacial score (nSPS) is 28.6. The van der Waals surface area contributed by atoms with Crippen LogP contribution in [0.1, 0.15) is 51.9 Å². The molecule has 1 unspecified atom stereocenters. The summed E-state index contributed by atoms with van der Waals surface area (Å²) in [5.74, 6) is 0.215. The predicted octanol–water partition coefficient (Wildman–Crippen LogP) is 2.08. The fourth-order valence-electron chi connectivity index (χ4n) is 2.91. The van der Waals surface area contributed by atoms with Crippen LogP contribution in [0.3, 0.4) is 0 Å². The van der Waals surface area contributed by atoms with Crippen LogP contribution in [0.5, 0.6) is 0 Å². The molecule has 0 bridgehead atoms. The molecule has 94 valence electrons. The van der Waals surface area contributed by atoms with Gasteiger partial charge in [0.05, 0.1) is 5.54 Å². The molecule has 1 saturated heterocycles. The van der Waals surface area contributed by atoms with E-state index in [0.717, 1.165) is 45.1 Å². The van der Waals surface area contributed by atoms with Gasteiger partial charge in [-0.2, -0.15) is 0 Å². The van der Waals surface area contributed by atoms with Gasteiger partial charge >= 0.3 is 0 Å². The van der Waals surface area contributed by atoms with Crippen molar-refractivity contribution in [1.82, 2.24) is 4.90 Å². The molecule has 0 radical (unpaired) electrons. The van der Waals surface area contributed by atoms with Crippen LogP contribution in [0.25, 0.3) is 0 Å². The number of likely N-dealkylation sites (tertiary alicyclic amines) is 1. The van der Waals surface area contributed by atoms with Crippen LogP contribution in [0, 0.1) is 0 Å². The maximum atomic E-state index is 12.3. The summed E-state index contributed by atoms with van der Waals surface area (Å²) in [6.45, 7) is 3.06. The number of nitrogens with zero attached hydrogens (tertiary/aromatic N) is 1. The van der Waals surface area contributed by atoms with E-state index in [9.17, 15) is 4.79 Å². The molecule has 3 nitrogen and oxygen atoms in total. The minimum atomic E-state index is -0.522. The van der Waals surface area contributed by atoms with Crippen LogP contribution in [0.15, 0.2) is 0 Å². The maximum absolute atomic E-state index is 12.3. The number of hydrogen-bond donors (Lipinski definition) is 1. The lowest BCUT2D eigenvalue weighted by Crippen LogP contribution is -2.56. The Morgan fingerprint density at radius 3 is 2.44 bits per heavy atom. The lowest BCUT2D eigenvalue weighted by Gasteiger charge is -2.38. The average Bonchev–Trinajstić information content (AvgIpc) is 2.66. The van der Waals surface area contributed by atoms with Crippen LogP contribution in [-0.4, -0.2) is 28.9 Å². The summed E-state index contributed by atoms with van der Waals surface area (Å²) in [5, 5.41) is 0. The number of carbonyl (C=O) groups is 1. The molecule has 1 aliphatic heterocycles. The van der Waals surface area contributed by atoms with E-state index in [-0.39, 0.29) is 18.3 Å². The highest BCUT2D eigenvalue weighted by Gasteiger charge is 2.41. The standard InChI is InChI=1S/C12H22N2O.ClH/c1-10-6-2-5-9-14(10)11(15)12(13)7-3-4-8-12;/h10H,2-9,13H2,1H3;1H. The van der Waals surface area contributed by atoms with Gasteiger partial charge in [-0.15, -0.1) is 12.4 Å². The summed E-state index contributed by atoms with van der Waals surface area (Å²) in [6, 6.07) is 0.396. The topological polar surface area (TPSA) is 46.3 Å². The fraction of sp³-hybridized carbons (Fsp3) is 0.917. The molecule has 16 heavy (non-hydrogen) atoms. The molecule has 2 aliphatic rings. The van der Waals surface area contributed by atoms with Crippen molar-refractivity contribution in [3.8, 4) is 0 Å². The Hall–Kier alpha value is -0.280. The van der Waals surface area contributed by atoms with Crippen LogP contribution in [0.4, 0.5) is 0 Å². The van der Waals surface area contributed by atoms with E-state index in [1.807, 2.05) is 4.90 Å². The predicted molar refractivity (Wildman–Crippen MR) is 67.7 cm³/mol. The van der Waals surface area contributed by atoms with E-state index in [2.05, 4.69) is 6.92 Å². The van der Waals surface area contributed by atoms with E-state index in [1.54, 1.807) is 0 Å². The number of rotatable bonds is 1. The van der Waals surface area contributed by atoms with Gasteiger partial charge in [0.1, 0.15) is 0 Å². The zero-order valence-electron chi connectivity index (χ0n) is 10.1. The molecule has 2 N–H and O–H groups in total. The number of nitrogens with two attached hydrogens (primary N) is 1. The molecule has 1 saturated carbocycles. The smallest absolute Gasteiger partial charge is 0.242 e. The lowest BCUT2D eigenvalue weighted by molar-refractivity contribution is -0.140. The van der Waals surface area contributed by atoms with Crippen molar-refractivity contribution < 1.29 is 4.79 Å². The SMILES string of the molecule is CC1CCCCN1C(=O)C1(N)CCCC1.Cl. The van der Waals surface area contributed by atoms with Gasteiger partial charge < -0.3 is 10.6 Å². The Balaban J connectivity index is 0.00000128. The number of amides is 1. The van der Waals surface area contributed by atoms with Crippen molar-refractivity contribution in [3.63, 3.8) is 0 Å². The van der Waals surface area contributed by atoms with Gasteiger partial charge in [-0.1, -0.05) is 12.8 Å². The Labute approximate surface area is 104 Å². The average molecular weight is 247 g/mol. The van der Waals surface area contributed by atoms with Crippen LogP contribution in [-0.2, 0) is 4.79 Å². The first-order valence-electron chi connectivity index (χ1n) is 6.23. The van der Waals surface area contributed by atoms with Gasteiger partial charge in [0, 0.05) is 12.6 Å². The summed E-state index contributed by atoms with van der Waals surface area (Å²) >= 11 is 0. The van der Waals surface area contributed by atoms with E-state index in [0.29, 0.717) is 6.04 Å². The van der Waals surface area contributed by atoms with E-state index < -0.39 is 5.54 Å². The molecule has 1 heterocycles. The highest BCUT2D eigenvalue weighted by atomic mass is 35.5. The summed E-state index contributed by atoms with van der Waals surface area (Å²) in [5.41, 5.74) is 5.68. The first-order chi connectivity index (χ1) is 7.13. The highest BCUT2D eigenvalue weighted by Crippen LogP contribution is 2.31. The van der Waals surface area contributed by atoms with Crippen molar-refractivity contribution in [1.29, 1.82) is 0 Å². The van der Waals surface area contributed by atoms with E-state index in [1.165, 1.54) is 6.42 Å². The molecule has 1 atom stereocenters. The first-order valence-corrected chi connectivity index (χ1v) is 6.23. The van der Waals surface area contributed by atoms with Gasteiger partial charge in [-0.3, -0.25) is 4.79 Å². The Morgan fingerprint density at radius 2 is 1.88 bits per heavy atom. The van der Waals surface area contributed by atoms with Gasteiger partial charge in [-0.25, -0.2) is 0 Å². The molecular weight excluding hydrogens is 224 g/mol. The largest absolute Gasteiger partial charge is 0.338 e. The zero-order valence-corrected chi connectivity index (χ0v) is 10.9. The second-order valence-electron chi connectivity index (χ2n) is 5.21. The molecule has 0 aromatic carbocycles. The number of halogens is 1. The molecular formula is C12H23ClN2O. The molecule has 1 amide bonds. The molecule has 0 aromatic rings. The molecule has 0 spiro atoms. The third-order valence-corrected chi connectivity index (χ3v) is 3.99. The Bertz CT molecular complexity index is 251. The summed E-state index contributed by atoms with van der Waals surface area (Å²) in [7, 11) is 0. The van der Waals surface area contributed by atoms with Gasteiger partial charge in [0.15, 0.2) is 0 Å². The monoisotopic (exact) mass is 246 g/mol. The molecule has 2 rings (SSSR count). The number of piperidine rings is 1. The van der Waals surface area contributed by atoms with Gasteiger partial charge in [-0.05, 0) is 39.0 Å². The van der Waals surface area contributed by atoms with Gasteiger partial charge in [0.25, 0.3) is 0 Å². The Morgan fingerprint density at radius 1 is 1.25 bits per heavy atom. The quantitative estimate of drug-likeness (QED) is 0.770. The summed E-state index contributed by atoms with van der Waals surface area (Å²) in [6.07, 6.45) is 7.54. The molecule has 2 fully saturated rings. The summed E-state index contributed by atoms with van der Waals surface area (Å²) in [4.78, 5) is 14.4. The third kappa shape index (κ3) is 2.51. The first kappa shape index (κ1) is 13.8. The number of hydrogen-bond acceptors (Lipinski definition) is 2. The zero-order chi connectivity index (χ0) is 10.9. The second-order valence-corrected chi connectivity index (χ2v) is 5.21. The third-order valence-electron chi connectivity index (χ3n) is 3.99. The second kappa shape index (κ2) is 5.37. The fourth-order valence-corrected chi connectivity index (χ4v) is 2.91. The minimum absolute atomic E-state index is 0. The van der Waals surface area contributed by atoms with Crippen LogP contribution < -0.4 is 5.73 Å². The Kier molecular flexibility index (Phi) is 4.62.